The van der Waals surface area contributed by atoms with Crippen LogP contribution in [0.3, 0.4) is 0 Å². The first kappa shape index (κ1) is 4.01. The molecule has 1 rings (SSSR count). The van der Waals surface area contributed by atoms with Gasteiger partial charge in [0.25, 0.3) is 0 Å². The van der Waals surface area contributed by atoms with E-state index < -0.39 is 0 Å². The molecule has 0 atom stereocenters. The molecule has 1 heteroatoms. The molecule has 0 aliphatic carbocycles. The van der Waals surface area contributed by atoms with Gasteiger partial charge in [-0.05, 0) is 18.1 Å². The molecule has 0 saturated heterocycles. The molecule has 1 radical (unpaired) electrons. The summed E-state index contributed by atoms with van der Waals surface area (Å²) in [4.78, 5) is 0. The molecule has 0 unspecified atom stereocenters. The van der Waals surface area contributed by atoms with Crippen molar-refractivity contribution in [2.45, 2.75) is 0 Å². The summed E-state index contributed by atoms with van der Waals surface area (Å²) in [5, 5.41) is 0. The van der Waals surface area contributed by atoms with Gasteiger partial charge in [-0.15, -0.1) is 6.42 Å². The van der Waals surface area contributed by atoms with Crippen LogP contribution in [0.2, 0.25) is 0 Å². The van der Waals surface area contributed by atoms with Gasteiger partial charge in [0.1, 0.15) is 0 Å². The van der Waals surface area contributed by atoms with Crippen molar-refractivity contribution in [3.8, 4) is 12.3 Å². The molecule has 0 amide bonds. The van der Waals surface area contributed by atoms with Crippen molar-refractivity contribution in [3.05, 3.63) is 24.2 Å². The van der Waals surface area contributed by atoms with Gasteiger partial charge in [0.2, 0.25) is 0 Å². The normalized spacial score (nSPS) is 7.86. The van der Waals surface area contributed by atoms with E-state index >= 15 is 0 Å². The fraction of sp³-hybridized carbons (Fsp3) is 0. The van der Waals surface area contributed by atoms with Gasteiger partial charge >= 0.3 is 0 Å². The van der Waals surface area contributed by atoms with Gasteiger partial charge in [-0.3, -0.25) is 0 Å². The summed E-state index contributed by atoms with van der Waals surface area (Å²) in [6, 6.07) is 3.31. The Bertz CT molecular complexity index is 167. The lowest BCUT2D eigenvalue weighted by Crippen LogP contribution is -1.54. The minimum atomic E-state index is 0.528. The maximum atomic E-state index is 4.93. The SMILES string of the molecule is C#Cc1cc[c]o1. The number of furan rings is 1. The minimum Gasteiger partial charge on any atom is -0.444 e. The van der Waals surface area contributed by atoms with E-state index in [1.807, 2.05) is 0 Å². The van der Waals surface area contributed by atoms with Crippen LogP contribution < -0.4 is 0 Å². The lowest BCUT2D eigenvalue weighted by Gasteiger charge is -1.68. The molecular formula is C6H3O. The van der Waals surface area contributed by atoms with Gasteiger partial charge in [-0.1, -0.05) is 0 Å². The van der Waals surface area contributed by atoms with Crippen molar-refractivity contribution in [1.82, 2.24) is 0 Å². The predicted octanol–water partition coefficient (Wildman–Crippen LogP) is 1.06. The monoisotopic (exact) mass is 91.0 g/mol. The first-order chi connectivity index (χ1) is 3.43. The first-order valence-corrected chi connectivity index (χ1v) is 1.86. The Morgan fingerprint density at radius 2 is 2.71 bits per heavy atom. The van der Waals surface area contributed by atoms with E-state index in [1.165, 1.54) is 0 Å². The smallest absolute Gasteiger partial charge is 0.177 e. The second kappa shape index (κ2) is 1.53. The molecule has 1 nitrogen and oxygen atoms in total. The molecule has 0 fully saturated rings. The summed E-state index contributed by atoms with van der Waals surface area (Å²) in [7, 11) is 0. The summed E-state index contributed by atoms with van der Waals surface area (Å²) in [6.07, 6.45) is 7.39. The second-order valence-electron chi connectivity index (χ2n) is 1.06. The zero-order chi connectivity index (χ0) is 5.11. The summed E-state index contributed by atoms with van der Waals surface area (Å²) in [6.45, 7) is 0. The molecule has 0 aromatic carbocycles. The third-order valence-electron chi connectivity index (χ3n) is 0.614. The van der Waals surface area contributed by atoms with Crippen LogP contribution in [-0.2, 0) is 0 Å². The maximum Gasteiger partial charge on any atom is 0.177 e. The number of terminal acetylenes is 1. The van der Waals surface area contributed by atoms with E-state index in [0.717, 1.165) is 0 Å². The maximum absolute atomic E-state index is 4.93. The van der Waals surface area contributed by atoms with Gasteiger partial charge in [0.15, 0.2) is 12.0 Å². The molecule has 33 valence electrons. The van der Waals surface area contributed by atoms with Crippen molar-refractivity contribution in [2.75, 3.05) is 0 Å². The molecule has 7 heavy (non-hydrogen) atoms. The van der Waals surface area contributed by atoms with E-state index in [1.54, 1.807) is 12.1 Å². The van der Waals surface area contributed by atoms with Gasteiger partial charge in [0, 0.05) is 0 Å². The van der Waals surface area contributed by atoms with Crippen LogP contribution >= 0.6 is 0 Å². The fourth-order valence-corrected chi connectivity index (χ4v) is 0.319. The van der Waals surface area contributed by atoms with E-state index in [4.69, 9.17) is 6.42 Å². The Hall–Kier alpha value is -1.16. The van der Waals surface area contributed by atoms with Crippen molar-refractivity contribution in [3.63, 3.8) is 0 Å². The van der Waals surface area contributed by atoms with Crippen molar-refractivity contribution in [2.24, 2.45) is 0 Å². The van der Waals surface area contributed by atoms with Crippen LogP contribution in [0.4, 0.5) is 0 Å². The second-order valence-corrected chi connectivity index (χ2v) is 1.06. The largest absolute Gasteiger partial charge is 0.444 e. The highest BCUT2D eigenvalue weighted by atomic mass is 16.3. The highest BCUT2D eigenvalue weighted by Gasteiger charge is 1.82. The van der Waals surface area contributed by atoms with E-state index in [0.29, 0.717) is 5.76 Å². The molecule has 0 bridgehead atoms. The average Bonchev–Trinajstić information content (AvgIpc) is 2.14. The zero-order valence-electron chi connectivity index (χ0n) is 3.64. The summed E-state index contributed by atoms with van der Waals surface area (Å²) < 4.78 is 4.62. The number of hydrogen-bond acceptors (Lipinski definition) is 1. The lowest BCUT2D eigenvalue weighted by atomic mass is 10.5. The fourth-order valence-electron chi connectivity index (χ4n) is 0.319. The number of hydrogen-bond donors (Lipinski definition) is 0. The topological polar surface area (TPSA) is 13.1 Å². The average molecular weight is 91.1 g/mol. The van der Waals surface area contributed by atoms with Crippen molar-refractivity contribution in [1.29, 1.82) is 0 Å². The summed E-state index contributed by atoms with van der Waals surface area (Å²) >= 11 is 0. The molecule has 0 N–H and O–H groups in total. The molecule has 1 aromatic heterocycles. The summed E-state index contributed by atoms with van der Waals surface area (Å²) in [5.41, 5.74) is 0. The standard InChI is InChI=1S/C6H3O/c1-2-6-4-3-5-7-6/h1,3-4H. The van der Waals surface area contributed by atoms with Crippen LogP contribution in [-0.4, -0.2) is 0 Å². The highest BCUT2D eigenvalue weighted by Crippen LogP contribution is 1.93. The Kier molecular flexibility index (Phi) is 0.874. The van der Waals surface area contributed by atoms with Gasteiger partial charge in [0.05, 0.1) is 0 Å². The third-order valence-corrected chi connectivity index (χ3v) is 0.614. The quantitative estimate of drug-likeness (QED) is 0.435. The zero-order valence-corrected chi connectivity index (χ0v) is 3.64. The van der Waals surface area contributed by atoms with Crippen molar-refractivity contribution < 1.29 is 4.42 Å². The highest BCUT2D eigenvalue weighted by molar-refractivity contribution is 5.19. The van der Waals surface area contributed by atoms with Gasteiger partial charge in [-0.2, -0.15) is 0 Å². The van der Waals surface area contributed by atoms with Crippen LogP contribution in [0.1, 0.15) is 5.76 Å². The van der Waals surface area contributed by atoms with Crippen LogP contribution in [0, 0.1) is 18.6 Å². The van der Waals surface area contributed by atoms with E-state index in [2.05, 4.69) is 16.6 Å². The lowest BCUT2D eigenvalue weighted by molar-refractivity contribution is 0.546. The van der Waals surface area contributed by atoms with Crippen molar-refractivity contribution >= 4 is 0 Å². The predicted molar refractivity (Wildman–Crippen MR) is 25.5 cm³/mol. The molecule has 0 saturated carbocycles. The third kappa shape index (κ3) is 0.635. The summed E-state index contributed by atoms with van der Waals surface area (Å²) in [5.74, 6) is 2.84. The number of rotatable bonds is 0. The Morgan fingerprint density at radius 1 is 1.86 bits per heavy atom. The van der Waals surface area contributed by atoms with Crippen LogP contribution in [0.25, 0.3) is 0 Å². The molecule has 0 aliphatic heterocycles. The minimum absolute atomic E-state index is 0.528. The van der Waals surface area contributed by atoms with Gasteiger partial charge < -0.3 is 4.42 Å². The van der Waals surface area contributed by atoms with Crippen LogP contribution in [0.5, 0.6) is 0 Å². The molecular weight excluding hydrogens is 88.1 g/mol. The van der Waals surface area contributed by atoms with E-state index in [9.17, 15) is 0 Å². The Labute approximate surface area is 42.0 Å². The van der Waals surface area contributed by atoms with Gasteiger partial charge in [-0.25, -0.2) is 0 Å². The van der Waals surface area contributed by atoms with E-state index in [-0.39, 0.29) is 0 Å². The van der Waals surface area contributed by atoms with Crippen LogP contribution in [0.15, 0.2) is 16.5 Å². The first-order valence-electron chi connectivity index (χ1n) is 1.86. The molecule has 1 heterocycles. The molecule has 1 aromatic rings. The Morgan fingerprint density at radius 3 is 3.00 bits per heavy atom. The Balaban J connectivity index is 3.04. The molecule has 0 spiro atoms. The molecule has 0 aliphatic rings.